The second kappa shape index (κ2) is 8.48. The molecule has 0 radical (unpaired) electrons. The highest BCUT2D eigenvalue weighted by molar-refractivity contribution is 5.77. The van der Waals surface area contributed by atoms with Crippen LogP contribution in [0.15, 0.2) is 18.3 Å². The highest BCUT2D eigenvalue weighted by atomic mass is 19.4. The summed E-state index contributed by atoms with van der Waals surface area (Å²) >= 11 is 0. The van der Waals surface area contributed by atoms with Gasteiger partial charge in [0.2, 0.25) is 5.91 Å². The van der Waals surface area contributed by atoms with Gasteiger partial charge in [-0.25, -0.2) is 4.98 Å². The van der Waals surface area contributed by atoms with E-state index in [2.05, 4.69) is 10.3 Å². The number of aromatic nitrogens is 1. The van der Waals surface area contributed by atoms with Crippen LogP contribution in [0.3, 0.4) is 0 Å². The fourth-order valence-electron chi connectivity index (χ4n) is 2.71. The number of carbonyl (C=O) groups excluding carboxylic acids is 1. The molecule has 1 fully saturated rings. The van der Waals surface area contributed by atoms with E-state index in [1.165, 1.54) is 6.07 Å². The lowest BCUT2D eigenvalue weighted by Gasteiger charge is -2.36. The molecule has 0 aliphatic carbocycles. The van der Waals surface area contributed by atoms with Gasteiger partial charge in [0.15, 0.2) is 0 Å². The molecule has 1 aromatic heterocycles. The molecule has 0 saturated carbocycles. The number of anilines is 1. The lowest BCUT2D eigenvalue weighted by molar-refractivity contribution is -0.138. The molecule has 1 aliphatic heterocycles. The van der Waals surface area contributed by atoms with Gasteiger partial charge in [-0.05, 0) is 19.2 Å². The van der Waals surface area contributed by atoms with Gasteiger partial charge in [0.25, 0.3) is 0 Å². The number of pyridine rings is 1. The Morgan fingerprint density at radius 3 is 2.48 bits per heavy atom. The minimum Gasteiger partial charge on any atom is -0.383 e. The quantitative estimate of drug-likeness (QED) is 0.831. The van der Waals surface area contributed by atoms with Crippen molar-refractivity contribution in [2.45, 2.75) is 18.6 Å². The monoisotopic (exact) mass is 360 g/mol. The highest BCUT2D eigenvalue weighted by Gasteiger charge is 2.31. The third-order valence-corrected chi connectivity index (χ3v) is 4.23. The molecule has 1 atom stereocenters. The average molecular weight is 360 g/mol. The summed E-state index contributed by atoms with van der Waals surface area (Å²) in [7, 11) is 3.37. The largest absolute Gasteiger partial charge is 0.417 e. The van der Waals surface area contributed by atoms with Gasteiger partial charge in [-0.3, -0.25) is 4.79 Å². The average Bonchev–Trinajstić information content (AvgIpc) is 2.60. The van der Waals surface area contributed by atoms with Crippen LogP contribution in [0.1, 0.15) is 12.0 Å². The summed E-state index contributed by atoms with van der Waals surface area (Å²) < 4.78 is 42.8. The molecule has 6 nitrogen and oxygen atoms in total. The Morgan fingerprint density at radius 1 is 1.32 bits per heavy atom. The Balaban J connectivity index is 1.87. The molecule has 2 heterocycles. The van der Waals surface area contributed by atoms with Crippen LogP contribution < -0.4 is 10.2 Å². The first-order chi connectivity index (χ1) is 11.8. The maximum Gasteiger partial charge on any atom is 0.417 e. The molecular formula is C16H23F3N4O2. The number of methoxy groups -OCH3 is 1. The van der Waals surface area contributed by atoms with Crippen molar-refractivity contribution in [3.63, 3.8) is 0 Å². The van der Waals surface area contributed by atoms with E-state index in [1.54, 1.807) is 19.1 Å². The first kappa shape index (κ1) is 19.5. The van der Waals surface area contributed by atoms with Gasteiger partial charge in [0, 0.05) is 51.9 Å². The van der Waals surface area contributed by atoms with Crippen LogP contribution >= 0.6 is 0 Å². The normalized spacial score (nSPS) is 16.8. The highest BCUT2D eigenvalue weighted by Crippen LogP contribution is 2.29. The van der Waals surface area contributed by atoms with Crippen LogP contribution in [0.4, 0.5) is 19.0 Å². The van der Waals surface area contributed by atoms with Gasteiger partial charge in [-0.15, -0.1) is 0 Å². The van der Waals surface area contributed by atoms with Crippen LogP contribution in [0.25, 0.3) is 0 Å². The van der Waals surface area contributed by atoms with Gasteiger partial charge >= 0.3 is 6.18 Å². The number of rotatable bonds is 6. The Bertz CT molecular complexity index is 557. The maximum absolute atomic E-state index is 12.6. The summed E-state index contributed by atoms with van der Waals surface area (Å²) in [4.78, 5) is 19.9. The molecule has 9 heteroatoms. The molecule has 1 aromatic rings. The van der Waals surface area contributed by atoms with Gasteiger partial charge < -0.3 is 19.9 Å². The molecule has 2 rings (SSSR count). The van der Waals surface area contributed by atoms with Crippen LogP contribution in [0.2, 0.25) is 0 Å². The second-order valence-corrected chi connectivity index (χ2v) is 5.92. The van der Waals surface area contributed by atoms with Crippen molar-refractivity contribution in [1.82, 2.24) is 15.2 Å². The number of hydrogen-bond donors (Lipinski definition) is 1. The Hall–Kier alpha value is -1.87. The number of nitrogens with one attached hydrogen (secondary N) is 1. The van der Waals surface area contributed by atoms with Crippen molar-refractivity contribution in [3.8, 4) is 0 Å². The fourth-order valence-corrected chi connectivity index (χ4v) is 2.71. The number of alkyl halides is 3. The molecule has 1 amide bonds. The van der Waals surface area contributed by atoms with E-state index < -0.39 is 11.7 Å². The Labute approximate surface area is 145 Å². The smallest absolute Gasteiger partial charge is 0.383 e. The summed E-state index contributed by atoms with van der Waals surface area (Å²) in [6.07, 6.45) is -3.19. The van der Waals surface area contributed by atoms with Crippen molar-refractivity contribution in [3.05, 3.63) is 23.9 Å². The van der Waals surface area contributed by atoms with Crippen molar-refractivity contribution in [2.75, 3.05) is 51.8 Å². The van der Waals surface area contributed by atoms with Gasteiger partial charge in [-0.1, -0.05) is 0 Å². The second-order valence-electron chi connectivity index (χ2n) is 5.92. The zero-order valence-electron chi connectivity index (χ0n) is 14.3. The molecule has 0 bridgehead atoms. The number of nitrogens with zero attached hydrogens (tertiary/aromatic N) is 3. The third kappa shape index (κ3) is 5.30. The van der Waals surface area contributed by atoms with Crippen molar-refractivity contribution >= 4 is 11.7 Å². The number of hydrogen-bond acceptors (Lipinski definition) is 5. The van der Waals surface area contributed by atoms with E-state index in [-0.39, 0.29) is 11.9 Å². The number of ether oxygens (including phenoxy) is 1. The number of halogens is 3. The lowest BCUT2D eigenvalue weighted by Crippen LogP contribution is -2.50. The summed E-state index contributed by atoms with van der Waals surface area (Å²) in [5.41, 5.74) is -0.763. The first-order valence-electron chi connectivity index (χ1n) is 8.07. The summed E-state index contributed by atoms with van der Waals surface area (Å²) in [5, 5.41) is 3.04. The zero-order valence-corrected chi connectivity index (χ0v) is 14.3. The first-order valence-corrected chi connectivity index (χ1v) is 8.07. The van der Waals surface area contributed by atoms with E-state index >= 15 is 0 Å². The maximum atomic E-state index is 12.6. The summed E-state index contributed by atoms with van der Waals surface area (Å²) in [6, 6.07) is 2.37. The van der Waals surface area contributed by atoms with Crippen molar-refractivity contribution in [1.29, 1.82) is 0 Å². The number of amides is 1. The van der Waals surface area contributed by atoms with E-state index in [0.29, 0.717) is 45.0 Å². The van der Waals surface area contributed by atoms with Crippen molar-refractivity contribution < 1.29 is 22.7 Å². The SMILES string of the molecule is CN[C@H](COC)CC(=O)N1CCN(c2ccc(C(F)(F)F)cn2)CC1. The third-order valence-electron chi connectivity index (χ3n) is 4.23. The molecule has 0 unspecified atom stereocenters. The number of carbonyl (C=O) groups is 1. The van der Waals surface area contributed by atoms with Gasteiger partial charge in [-0.2, -0.15) is 13.2 Å². The minimum absolute atomic E-state index is 0.0351. The number of piperazine rings is 1. The molecule has 140 valence electrons. The predicted octanol–water partition coefficient (Wildman–Crippen LogP) is 1.37. The summed E-state index contributed by atoms with van der Waals surface area (Å²) in [6.45, 7) is 2.57. The van der Waals surface area contributed by atoms with E-state index in [9.17, 15) is 18.0 Å². The van der Waals surface area contributed by atoms with Gasteiger partial charge in [0.05, 0.1) is 12.2 Å². The Morgan fingerprint density at radius 2 is 2.00 bits per heavy atom. The fraction of sp³-hybridized carbons (Fsp3) is 0.625. The van der Waals surface area contributed by atoms with Crippen LogP contribution in [-0.2, 0) is 15.7 Å². The van der Waals surface area contributed by atoms with E-state index in [4.69, 9.17) is 4.74 Å². The molecule has 25 heavy (non-hydrogen) atoms. The molecule has 1 saturated heterocycles. The molecule has 0 spiro atoms. The van der Waals surface area contributed by atoms with Crippen LogP contribution in [-0.4, -0.2) is 68.8 Å². The zero-order chi connectivity index (χ0) is 18.4. The van der Waals surface area contributed by atoms with Crippen molar-refractivity contribution in [2.24, 2.45) is 0 Å². The number of likely N-dealkylation sites (N-methyl/N-ethyl adjacent to an activating group) is 1. The van der Waals surface area contributed by atoms with E-state index in [0.717, 1.165) is 12.3 Å². The van der Waals surface area contributed by atoms with Crippen LogP contribution in [0.5, 0.6) is 0 Å². The standard InChI is InChI=1S/C16H23F3N4O2/c1-20-13(11-25-2)9-15(24)23-7-5-22(6-8-23)14-4-3-12(10-21-14)16(17,18)19/h3-4,10,13,20H,5-9,11H2,1-2H3/t13-/m0/s1. The van der Waals surface area contributed by atoms with E-state index in [1.807, 2.05) is 4.90 Å². The lowest BCUT2D eigenvalue weighted by atomic mass is 10.2. The molecule has 1 aliphatic rings. The molecular weight excluding hydrogens is 337 g/mol. The van der Waals surface area contributed by atoms with Crippen LogP contribution in [0, 0.1) is 0 Å². The molecule has 0 aromatic carbocycles. The predicted molar refractivity (Wildman–Crippen MR) is 87.4 cm³/mol. The Kier molecular flexibility index (Phi) is 6.60. The van der Waals surface area contributed by atoms with Gasteiger partial charge in [0.1, 0.15) is 5.82 Å². The summed E-state index contributed by atoms with van der Waals surface area (Å²) in [5.74, 6) is 0.531. The minimum atomic E-state index is -4.39. The topological polar surface area (TPSA) is 57.7 Å². The molecule has 1 N–H and O–H groups in total.